The summed E-state index contributed by atoms with van der Waals surface area (Å²) in [5.41, 5.74) is 4.77. The number of carbonyl (C=O) groups excluding carboxylic acids is 1. The number of H-pyrrole nitrogens is 1. The molecule has 0 saturated carbocycles. The maximum Gasteiger partial charge on any atom is 0.321 e. The molecule has 0 spiro atoms. The molecule has 2 aliphatic rings. The van der Waals surface area contributed by atoms with Crippen LogP contribution in [0.15, 0.2) is 42.6 Å². The van der Waals surface area contributed by atoms with Gasteiger partial charge in [0.2, 0.25) is 0 Å². The number of likely N-dealkylation sites (tertiary alicyclic amines) is 1. The van der Waals surface area contributed by atoms with E-state index in [0.717, 1.165) is 67.0 Å². The van der Waals surface area contributed by atoms with E-state index in [-0.39, 0.29) is 6.03 Å². The van der Waals surface area contributed by atoms with Crippen molar-refractivity contribution in [3.63, 3.8) is 0 Å². The lowest BCUT2D eigenvalue weighted by Crippen LogP contribution is -2.44. The van der Waals surface area contributed by atoms with E-state index in [0.29, 0.717) is 24.6 Å². The number of aromatic nitrogens is 1. The molecule has 182 valence electrons. The molecule has 5 rings (SSSR count). The fourth-order valence-corrected chi connectivity index (χ4v) is 5.21. The lowest BCUT2D eigenvalue weighted by atomic mass is 9.89. The predicted molar refractivity (Wildman–Crippen MR) is 138 cm³/mol. The minimum absolute atomic E-state index is 0.0661. The Labute approximate surface area is 206 Å². The first-order chi connectivity index (χ1) is 17.1. The van der Waals surface area contributed by atoms with Gasteiger partial charge in [-0.25, -0.2) is 4.79 Å². The highest BCUT2D eigenvalue weighted by atomic mass is 16.5. The van der Waals surface area contributed by atoms with Crippen LogP contribution in [0.4, 0.5) is 16.2 Å². The molecular formula is C27H32N6O2. The van der Waals surface area contributed by atoms with Crippen LogP contribution in [0.1, 0.15) is 29.9 Å². The lowest BCUT2D eigenvalue weighted by Gasteiger charge is -2.35. The molecule has 8 nitrogen and oxygen atoms in total. The number of hydrogen-bond donors (Lipinski definition) is 2. The molecule has 2 aromatic carbocycles. The van der Waals surface area contributed by atoms with Crippen LogP contribution in [0.5, 0.6) is 5.75 Å². The molecule has 8 heteroatoms. The molecule has 0 bridgehead atoms. The van der Waals surface area contributed by atoms with E-state index in [1.807, 2.05) is 41.3 Å². The molecule has 0 radical (unpaired) electrons. The smallest absolute Gasteiger partial charge is 0.321 e. The minimum atomic E-state index is -0.0661. The number of rotatable bonds is 4. The summed E-state index contributed by atoms with van der Waals surface area (Å²) < 4.78 is 5.60. The highest BCUT2D eigenvalue weighted by Crippen LogP contribution is 2.35. The average molecular weight is 473 g/mol. The fourth-order valence-electron chi connectivity index (χ4n) is 5.21. The van der Waals surface area contributed by atoms with E-state index in [9.17, 15) is 10.1 Å². The maximum absolute atomic E-state index is 13.1. The van der Waals surface area contributed by atoms with Gasteiger partial charge in [-0.05, 0) is 67.8 Å². The van der Waals surface area contributed by atoms with E-state index < -0.39 is 0 Å². The van der Waals surface area contributed by atoms with Crippen LogP contribution >= 0.6 is 0 Å². The number of anilines is 2. The van der Waals surface area contributed by atoms with E-state index >= 15 is 0 Å². The first-order valence-electron chi connectivity index (χ1n) is 12.2. The molecule has 2 amide bonds. The molecule has 0 atom stereocenters. The molecule has 2 N–H and O–H groups in total. The first kappa shape index (κ1) is 23.1. The van der Waals surface area contributed by atoms with Crippen LogP contribution in [-0.4, -0.2) is 74.2 Å². The van der Waals surface area contributed by atoms with Crippen molar-refractivity contribution in [1.29, 1.82) is 5.26 Å². The van der Waals surface area contributed by atoms with Crippen molar-refractivity contribution in [2.24, 2.45) is 0 Å². The normalized spacial score (nSPS) is 17.4. The summed E-state index contributed by atoms with van der Waals surface area (Å²) in [7, 11) is 3.82. The van der Waals surface area contributed by atoms with E-state index in [4.69, 9.17) is 4.74 Å². The quantitative estimate of drug-likeness (QED) is 0.594. The Morgan fingerprint density at radius 2 is 1.86 bits per heavy atom. The minimum Gasteiger partial charge on any atom is -0.495 e. The summed E-state index contributed by atoms with van der Waals surface area (Å²) in [4.78, 5) is 22.9. The zero-order valence-corrected chi connectivity index (χ0v) is 20.4. The number of carbonyl (C=O) groups is 1. The van der Waals surface area contributed by atoms with E-state index in [1.54, 1.807) is 7.11 Å². The number of urea groups is 1. The van der Waals surface area contributed by atoms with Gasteiger partial charge in [-0.1, -0.05) is 0 Å². The summed E-state index contributed by atoms with van der Waals surface area (Å²) in [5, 5.41) is 13.5. The third-order valence-electron chi connectivity index (χ3n) is 7.34. The van der Waals surface area contributed by atoms with Crippen LogP contribution in [0, 0.1) is 11.3 Å². The lowest BCUT2D eigenvalue weighted by molar-refractivity contribution is 0.195. The van der Waals surface area contributed by atoms with Crippen LogP contribution < -0.4 is 15.0 Å². The number of nitrogens with zero attached hydrogens (tertiary/aromatic N) is 4. The average Bonchev–Trinajstić information content (AvgIpc) is 3.32. The van der Waals surface area contributed by atoms with Gasteiger partial charge in [0.05, 0.1) is 24.4 Å². The number of hydrogen-bond acceptors (Lipinski definition) is 5. The number of aromatic amines is 1. The van der Waals surface area contributed by atoms with Crippen molar-refractivity contribution in [1.82, 2.24) is 14.8 Å². The highest BCUT2D eigenvalue weighted by molar-refractivity contribution is 5.90. The first-order valence-corrected chi connectivity index (χ1v) is 12.2. The topological polar surface area (TPSA) is 87.6 Å². The number of amides is 2. The van der Waals surface area contributed by atoms with Gasteiger partial charge in [0.15, 0.2) is 0 Å². The number of nitrogens with one attached hydrogen (secondary N) is 2. The summed E-state index contributed by atoms with van der Waals surface area (Å²) in [6.07, 6.45) is 3.85. The number of benzene rings is 2. The van der Waals surface area contributed by atoms with Gasteiger partial charge >= 0.3 is 6.03 Å². The second-order valence-electron chi connectivity index (χ2n) is 9.48. The van der Waals surface area contributed by atoms with Crippen LogP contribution in [-0.2, 0) is 0 Å². The molecule has 2 aliphatic heterocycles. The van der Waals surface area contributed by atoms with Crippen molar-refractivity contribution in [2.45, 2.75) is 18.8 Å². The summed E-state index contributed by atoms with van der Waals surface area (Å²) in [5.74, 6) is 1.19. The van der Waals surface area contributed by atoms with Gasteiger partial charge in [-0.2, -0.15) is 5.26 Å². The second kappa shape index (κ2) is 9.88. The van der Waals surface area contributed by atoms with Gasteiger partial charge in [0.25, 0.3) is 0 Å². The molecular weight excluding hydrogens is 440 g/mol. The number of piperidine rings is 1. The zero-order valence-electron chi connectivity index (χ0n) is 20.4. The second-order valence-corrected chi connectivity index (χ2v) is 9.48. The Morgan fingerprint density at radius 1 is 1.09 bits per heavy atom. The number of fused-ring (bicyclic) bond motifs is 1. The number of piperazine rings is 1. The third-order valence-corrected chi connectivity index (χ3v) is 7.34. The van der Waals surface area contributed by atoms with E-state index in [2.05, 4.69) is 39.4 Å². The third kappa shape index (κ3) is 4.77. The Hall–Kier alpha value is -3.70. The standard InChI is InChI=1S/C27H32N6O2/c1-31-11-13-32(14-12-31)25-16-21(4-6-26(25)35-2)30-27(34)33-9-7-20(8-10-33)23-18-29-24-5-3-19(17-28)15-22(23)24/h3-6,15-16,18,20,29H,7-14H2,1-2H3,(H,30,34). The van der Waals surface area contributed by atoms with Gasteiger partial charge in [0.1, 0.15) is 5.75 Å². The van der Waals surface area contributed by atoms with Crippen LogP contribution in [0.3, 0.4) is 0 Å². The number of nitriles is 1. The maximum atomic E-state index is 13.1. The summed E-state index contributed by atoms with van der Waals surface area (Å²) in [6, 6.07) is 13.8. The SMILES string of the molecule is COc1ccc(NC(=O)N2CCC(c3c[nH]c4ccc(C#N)cc34)CC2)cc1N1CCN(C)CC1. The molecule has 0 aliphatic carbocycles. The molecule has 2 saturated heterocycles. The van der Waals surface area contributed by atoms with Crippen LogP contribution in [0.2, 0.25) is 0 Å². The van der Waals surface area contributed by atoms with Gasteiger partial charge in [-0.15, -0.1) is 0 Å². The Bertz CT molecular complexity index is 1250. The predicted octanol–water partition coefficient (Wildman–Crippen LogP) is 4.21. The van der Waals surface area contributed by atoms with E-state index in [1.165, 1.54) is 5.56 Å². The zero-order chi connectivity index (χ0) is 24.4. The van der Waals surface area contributed by atoms with Crippen molar-refractivity contribution < 1.29 is 9.53 Å². The fraction of sp³-hybridized carbons (Fsp3) is 0.407. The van der Waals surface area contributed by atoms with Crippen molar-refractivity contribution in [3.05, 3.63) is 53.7 Å². The number of likely N-dealkylation sites (N-methyl/N-ethyl adjacent to an activating group) is 1. The van der Waals surface area contributed by atoms with Gasteiger partial charge in [0, 0.05) is 62.1 Å². The molecule has 1 aromatic heterocycles. The van der Waals surface area contributed by atoms with Crippen molar-refractivity contribution in [2.75, 3.05) is 63.6 Å². The monoisotopic (exact) mass is 472 g/mol. The van der Waals surface area contributed by atoms with Gasteiger partial charge < -0.3 is 29.7 Å². The molecule has 35 heavy (non-hydrogen) atoms. The van der Waals surface area contributed by atoms with Gasteiger partial charge in [-0.3, -0.25) is 0 Å². The Morgan fingerprint density at radius 3 is 2.57 bits per heavy atom. The molecule has 0 unspecified atom stereocenters. The summed E-state index contributed by atoms with van der Waals surface area (Å²) in [6.45, 7) is 5.26. The Balaban J connectivity index is 1.23. The largest absolute Gasteiger partial charge is 0.495 e. The Kier molecular flexibility index (Phi) is 6.51. The molecule has 2 fully saturated rings. The van der Waals surface area contributed by atoms with Crippen LogP contribution in [0.25, 0.3) is 10.9 Å². The number of ether oxygens (including phenoxy) is 1. The highest BCUT2D eigenvalue weighted by Gasteiger charge is 2.26. The summed E-state index contributed by atoms with van der Waals surface area (Å²) >= 11 is 0. The number of methoxy groups -OCH3 is 1. The van der Waals surface area contributed by atoms with Crippen molar-refractivity contribution in [3.8, 4) is 11.8 Å². The molecule has 3 heterocycles. The van der Waals surface area contributed by atoms with Crippen molar-refractivity contribution >= 4 is 28.3 Å². The molecule has 3 aromatic rings.